The predicted octanol–water partition coefficient (Wildman–Crippen LogP) is 3.21. The summed E-state index contributed by atoms with van der Waals surface area (Å²) in [5.74, 6) is 1.53. The molecule has 4 rings (SSSR count). The van der Waals surface area contributed by atoms with Crippen molar-refractivity contribution in [3.8, 4) is 0 Å². The lowest BCUT2D eigenvalue weighted by atomic mass is 9.71. The molecule has 0 aromatic heterocycles. The molecule has 1 fully saturated rings. The summed E-state index contributed by atoms with van der Waals surface area (Å²) in [4.78, 5) is 11.4. The number of hydrogen-bond acceptors (Lipinski definition) is 2. The van der Waals surface area contributed by atoms with E-state index in [0.29, 0.717) is 23.4 Å². The highest BCUT2D eigenvalue weighted by Crippen LogP contribution is 2.45. The number of carbonyl (C=O) groups excluding carboxylic acids is 1. The van der Waals surface area contributed by atoms with E-state index in [9.17, 15) is 4.79 Å². The average molecular weight is 275 g/mol. The standard InChI is InChI=1S/C15H15ClN2O/c16-11-7-12-9(6-15(19)18-12)5-14(11)17-13-4-8-2-1-3-10(8)13/h1,3,5,7-8,10,13,17H,2,4,6H2,(H,18,19). The normalized spacial score (nSPS) is 30.6. The molecule has 0 saturated heterocycles. The number of fused-ring (bicyclic) bond motifs is 2. The molecular formula is C15H15ClN2O. The van der Waals surface area contributed by atoms with Crippen LogP contribution in [0.1, 0.15) is 18.4 Å². The summed E-state index contributed by atoms with van der Waals surface area (Å²) in [5, 5.41) is 7.05. The second kappa shape index (κ2) is 4.01. The van der Waals surface area contributed by atoms with Crippen molar-refractivity contribution in [3.05, 3.63) is 34.9 Å². The van der Waals surface area contributed by atoms with Gasteiger partial charge in [-0.1, -0.05) is 23.8 Å². The van der Waals surface area contributed by atoms with Crippen molar-refractivity contribution in [3.63, 3.8) is 0 Å². The van der Waals surface area contributed by atoms with E-state index >= 15 is 0 Å². The van der Waals surface area contributed by atoms with Crippen molar-refractivity contribution in [1.82, 2.24) is 0 Å². The fraction of sp³-hybridized carbons (Fsp3) is 0.400. The van der Waals surface area contributed by atoms with Crippen LogP contribution >= 0.6 is 11.6 Å². The van der Waals surface area contributed by atoms with Crippen molar-refractivity contribution in [2.24, 2.45) is 11.8 Å². The van der Waals surface area contributed by atoms with E-state index in [2.05, 4.69) is 22.8 Å². The molecule has 3 nitrogen and oxygen atoms in total. The van der Waals surface area contributed by atoms with E-state index in [4.69, 9.17) is 11.6 Å². The van der Waals surface area contributed by atoms with Crippen LogP contribution in [0.25, 0.3) is 0 Å². The van der Waals surface area contributed by atoms with Gasteiger partial charge in [-0.05, 0) is 36.5 Å². The number of benzene rings is 1. The molecule has 3 unspecified atom stereocenters. The number of allylic oxidation sites excluding steroid dienone is 1. The molecule has 1 amide bonds. The van der Waals surface area contributed by atoms with Gasteiger partial charge in [-0.3, -0.25) is 4.79 Å². The minimum Gasteiger partial charge on any atom is -0.380 e. The van der Waals surface area contributed by atoms with Gasteiger partial charge in [0.2, 0.25) is 5.91 Å². The van der Waals surface area contributed by atoms with Crippen LogP contribution in [0.3, 0.4) is 0 Å². The van der Waals surface area contributed by atoms with Gasteiger partial charge in [0.25, 0.3) is 0 Å². The van der Waals surface area contributed by atoms with Crippen molar-refractivity contribution in [2.75, 3.05) is 10.6 Å². The number of nitrogens with one attached hydrogen (secondary N) is 2. The molecule has 1 saturated carbocycles. The summed E-state index contributed by atoms with van der Waals surface area (Å²) < 4.78 is 0. The highest BCUT2D eigenvalue weighted by atomic mass is 35.5. The smallest absolute Gasteiger partial charge is 0.228 e. The Morgan fingerprint density at radius 3 is 3.11 bits per heavy atom. The van der Waals surface area contributed by atoms with Crippen LogP contribution in [0.5, 0.6) is 0 Å². The predicted molar refractivity (Wildman–Crippen MR) is 76.6 cm³/mol. The number of rotatable bonds is 2. The Morgan fingerprint density at radius 2 is 2.26 bits per heavy atom. The molecule has 1 aromatic carbocycles. The van der Waals surface area contributed by atoms with Crippen molar-refractivity contribution in [2.45, 2.75) is 25.3 Å². The minimum atomic E-state index is 0.0469. The zero-order valence-corrected chi connectivity index (χ0v) is 11.2. The van der Waals surface area contributed by atoms with Crippen LogP contribution < -0.4 is 10.6 Å². The van der Waals surface area contributed by atoms with Gasteiger partial charge in [-0.25, -0.2) is 0 Å². The van der Waals surface area contributed by atoms with Gasteiger partial charge in [0.05, 0.1) is 17.1 Å². The van der Waals surface area contributed by atoms with Crippen LogP contribution in [-0.2, 0) is 11.2 Å². The number of carbonyl (C=O) groups is 1. The van der Waals surface area contributed by atoms with Gasteiger partial charge in [-0.2, -0.15) is 0 Å². The first kappa shape index (κ1) is 11.4. The number of hydrogen-bond donors (Lipinski definition) is 2. The third-order valence-corrected chi connectivity index (χ3v) is 4.83. The van der Waals surface area contributed by atoms with Gasteiger partial charge < -0.3 is 10.6 Å². The summed E-state index contributed by atoms with van der Waals surface area (Å²) in [6.45, 7) is 0. The lowest BCUT2D eigenvalue weighted by Gasteiger charge is -2.41. The van der Waals surface area contributed by atoms with Gasteiger partial charge in [0.1, 0.15) is 0 Å². The van der Waals surface area contributed by atoms with E-state index in [1.54, 1.807) is 0 Å². The number of halogens is 1. The minimum absolute atomic E-state index is 0.0469. The maximum Gasteiger partial charge on any atom is 0.228 e. The quantitative estimate of drug-likeness (QED) is 0.813. The lowest BCUT2D eigenvalue weighted by Crippen LogP contribution is -2.43. The van der Waals surface area contributed by atoms with Crippen LogP contribution in [0.15, 0.2) is 24.3 Å². The van der Waals surface area contributed by atoms with Crippen LogP contribution in [-0.4, -0.2) is 11.9 Å². The van der Waals surface area contributed by atoms with Gasteiger partial charge in [0, 0.05) is 17.6 Å². The third-order valence-electron chi connectivity index (χ3n) is 4.52. The molecule has 1 aliphatic heterocycles. The highest BCUT2D eigenvalue weighted by Gasteiger charge is 2.41. The Kier molecular flexibility index (Phi) is 2.39. The summed E-state index contributed by atoms with van der Waals surface area (Å²) in [5.41, 5.74) is 2.85. The Balaban J connectivity index is 1.57. The summed E-state index contributed by atoms with van der Waals surface area (Å²) in [6, 6.07) is 4.36. The molecule has 0 bridgehead atoms. The molecule has 0 spiro atoms. The molecule has 2 N–H and O–H groups in total. The summed E-state index contributed by atoms with van der Waals surface area (Å²) in [7, 11) is 0. The van der Waals surface area contributed by atoms with E-state index in [1.807, 2.05) is 12.1 Å². The topological polar surface area (TPSA) is 41.1 Å². The largest absolute Gasteiger partial charge is 0.380 e. The molecule has 1 heterocycles. The van der Waals surface area contributed by atoms with E-state index in [-0.39, 0.29) is 5.91 Å². The average Bonchev–Trinajstić information content (AvgIpc) is 2.88. The Bertz CT molecular complexity index is 596. The van der Waals surface area contributed by atoms with Gasteiger partial charge in [-0.15, -0.1) is 0 Å². The van der Waals surface area contributed by atoms with E-state index < -0.39 is 0 Å². The molecule has 1 aromatic rings. The van der Waals surface area contributed by atoms with Crippen molar-refractivity contribution < 1.29 is 4.79 Å². The molecule has 0 radical (unpaired) electrons. The molecule has 98 valence electrons. The molecule has 19 heavy (non-hydrogen) atoms. The second-order valence-corrected chi connectivity index (χ2v) is 6.11. The SMILES string of the molecule is O=C1Cc2cc(NC3CC4CC=CC43)c(Cl)cc2N1. The second-order valence-electron chi connectivity index (χ2n) is 5.70. The van der Waals surface area contributed by atoms with Crippen LogP contribution in [0.4, 0.5) is 11.4 Å². The maximum absolute atomic E-state index is 11.4. The van der Waals surface area contributed by atoms with Crippen LogP contribution in [0, 0.1) is 11.8 Å². The highest BCUT2D eigenvalue weighted by molar-refractivity contribution is 6.33. The fourth-order valence-corrected chi connectivity index (χ4v) is 3.66. The first-order valence-electron chi connectivity index (χ1n) is 6.76. The van der Waals surface area contributed by atoms with E-state index in [1.165, 1.54) is 12.8 Å². The van der Waals surface area contributed by atoms with Gasteiger partial charge in [0.15, 0.2) is 0 Å². The molecule has 3 atom stereocenters. The molecule has 3 aliphatic rings. The van der Waals surface area contributed by atoms with Crippen molar-refractivity contribution >= 4 is 28.9 Å². The molecule has 4 heteroatoms. The maximum atomic E-state index is 11.4. The Morgan fingerprint density at radius 1 is 1.37 bits per heavy atom. The Hall–Kier alpha value is -1.48. The number of anilines is 2. The summed E-state index contributed by atoms with van der Waals surface area (Å²) in [6.07, 6.45) is 7.49. The van der Waals surface area contributed by atoms with Crippen LogP contribution in [0.2, 0.25) is 5.02 Å². The zero-order valence-electron chi connectivity index (χ0n) is 10.4. The zero-order chi connectivity index (χ0) is 13.0. The molecule has 2 aliphatic carbocycles. The van der Waals surface area contributed by atoms with E-state index in [0.717, 1.165) is 22.9 Å². The fourth-order valence-electron chi connectivity index (χ4n) is 3.44. The monoisotopic (exact) mass is 274 g/mol. The molecular weight excluding hydrogens is 260 g/mol. The third kappa shape index (κ3) is 1.76. The first-order valence-corrected chi connectivity index (χ1v) is 7.14. The van der Waals surface area contributed by atoms with Crippen molar-refractivity contribution in [1.29, 1.82) is 0 Å². The van der Waals surface area contributed by atoms with Gasteiger partial charge >= 0.3 is 0 Å². The first-order chi connectivity index (χ1) is 9.20. The number of amides is 1. The lowest BCUT2D eigenvalue weighted by molar-refractivity contribution is -0.115. The summed E-state index contributed by atoms with van der Waals surface area (Å²) >= 11 is 6.29. The Labute approximate surface area is 117 Å².